The molecule has 1 aliphatic rings. The van der Waals surface area contributed by atoms with E-state index in [0.717, 1.165) is 37.2 Å². The number of ether oxygens (including phenoxy) is 1. The molecule has 3 heterocycles. The summed E-state index contributed by atoms with van der Waals surface area (Å²) in [6.07, 6.45) is 7.09. The average Bonchev–Trinajstić information content (AvgIpc) is 3.46. The van der Waals surface area contributed by atoms with E-state index in [4.69, 9.17) is 9.26 Å². The van der Waals surface area contributed by atoms with Crippen LogP contribution in [0.25, 0.3) is 11.4 Å². The second kappa shape index (κ2) is 8.85. The second-order valence-electron chi connectivity index (χ2n) is 7.12. The number of hydrogen-bond donors (Lipinski definition) is 0. The van der Waals surface area contributed by atoms with Crippen molar-refractivity contribution < 1.29 is 14.1 Å². The Balaban J connectivity index is 1.23. The van der Waals surface area contributed by atoms with Crippen LogP contribution in [-0.4, -0.2) is 55.9 Å². The van der Waals surface area contributed by atoms with Gasteiger partial charge in [-0.1, -0.05) is 17.3 Å². The Labute approximate surface area is 168 Å². The van der Waals surface area contributed by atoms with Crippen LogP contribution in [0, 0.1) is 0 Å². The van der Waals surface area contributed by atoms with Crippen molar-refractivity contribution in [1.82, 2.24) is 29.8 Å². The molecule has 1 fully saturated rings. The fourth-order valence-electron chi connectivity index (χ4n) is 3.60. The molecule has 1 aliphatic heterocycles. The third kappa shape index (κ3) is 4.61. The van der Waals surface area contributed by atoms with Gasteiger partial charge in [-0.25, -0.2) is 0 Å². The van der Waals surface area contributed by atoms with Crippen molar-refractivity contribution in [3.63, 3.8) is 0 Å². The number of piperidine rings is 1. The maximum absolute atomic E-state index is 12.5. The van der Waals surface area contributed by atoms with E-state index in [0.29, 0.717) is 37.0 Å². The highest BCUT2D eigenvalue weighted by Gasteiger charge is 2.23. The maximum Gasteiger partial charge on any atom is 0.226 e. The van der Waals surface area contributed by atoms with Gasteiger partial charge in [0.25, 0.3) is 0 Å². The number of amides is 1. The van der Waals surface area contributed by atoms with Gasteiger partial charge in [0.15, 0.2) is 0 Å². The Hall–Kier alpha value is -3.23. The number of nitrogens with zero attached hydrogens (tertiary/aromatic N) is 6. The van der Waals surface area contributed by atoms with E-state index in [2.05, 4.69) is 20.3 Å². The van der Waals surface area contributed by atoms with Gasteiger partial charge in [0, 0.05) is 37.5 Å². The van der Waals surface area contributed by atoms with Crippen LogP contribution in [-0.2, 0) is 11.2 Å². The van der Waals surface area contributed by atoms with Crippen LogP contribution < -0.4 is 4.74 Å². The van der Waals surface area contributed by atoms with Gasteiger partial charge >= 0.3 is 0 Å². The van der Waals surface area contributed by atoms with Crippen molar-refractivity contribution in [1.29, 1.82) is 0 Å². The zero-order valence-corrected chi connectivity index (χ0v) is 16.4. The Kier molecular flexibility index (Phi) is 5.83. The molecule has 0 bridgehead atoms. The summed E-state index contributed by atoms with van der Waals surface area (Å²) in [5.74, 6) is 2.00. The minimum absolute atomic E-state index is 0.180. The van der Waals surface area contributed by atoms with Crippen molar-refractivity contribution in [2.45, 2.75) is 38.1 Å². The molecule has 29 heavy (non-hydrogen) atoms. The van der Waals surface area contributed by atoms with Gasteiger partial charge in [0.05, 0.1) is 7.11 Å². The van der Waals surface area contributed by atoms with Crippen LogP contribution in [0.4, 0.5) is 0 Å². The molecule has 0 N–H and O–H groups in total. The van der Waals surface area contributed by atoms with Crippen LogP contribution in [0.15, 0.2) is 41.4 Å². The number of methoxy groups -OCH3 is 1. The van der Waals surface area contributed by atoms with Gasteiger partial charge in [0.2, 0.25) is 17.6 Å². The average molecular weight is 396 g/mol. The van der Waals surface area contributed by atoms with E-state index in [9.17, 15) is 4.79 Å². The molecule has 0 radical (unpaired) electrons. The molecule has 0 saturated carbocycles. The van der Waals surface area contributed by atoms with E-state index in [1.165, 1.54) is 0 Å². The zero-order valence-electron chi connectivity index (χ0n) is 16.4. The summed E-state index contributed by atoms with van der Waals surface area (Å²) in [6, 6.07) is 7.90. The first-order chi connectivity index (χ1) is 14.2. The Morgan fingerprint density at radius 3 is 2.79 bits per heavy atom. The summed E-state index contributed by atoms with van der Waals surface area (Å²) >= 11 is 0. The Bertz CT molecular complexity index is 931. The number of aryl methyl sites for hydroxylation is 1. The summed E-state index contributed by atoms with van der Waals surface area (Å²) < 4.78 is 12.6. The lowest BCUT2D eigenvalue weighted by molar-refractivity contribution is -0.132. The summed E-state index contributed by atoms with van der Waals surface area (Å²) in [4.78, 5) is 18.9. The molecular formula is C20H24N6O3. The summed E-state index contributed by atoms with van der Waals surface area (Å²) in [6.45, 7) is 1.53. The molecule has 152 valence electrons. The number of carbonyl (C=O) groups is 1. The van der Waals surface area contributed by atoms with Crippen molar-refractivity contribution in [3.8, 4) is 17.1 Å². The first-order valence-electron chi connectivity index (χ1n) is 9.82. The highest BCUT2D eigenvalue weighted by molar-refractivity contribution is 5.76. The van der Waals surface area contributed by atoms with Crippen molar-refractivity contribution in [2.24, 2.45) is 0 Å². The standard InChI is InChI=1S/C20H24N6O3/c1-28-17-5-2-4-15(12-17)20-23-18(29-24-20)6-3-7-19(27)25-10-8-16(9-11-25)26-13-21-22-14-26/h2,4-5,12-14,16H,3,6-11H2,1H3. The summed E-state index contributed by atoms with van der Waals surface area (Å²) in [5.41, 5.74) is 0.839. The lowest BCUT2D eigenvalue weighted by Crippen LogP contribution is -2.38. The molecule has 9 heteroatoms. The van der Waals surface area contributed by atoms with Gasteiger partial charge in [-0.15, -0.1) is 10.2 Å². The first-order valence-corrected chi connectivity index (χ1v) is 9.82. The number of aromatic nitrogens is 5. The fraction of sp³-hybridized carbons (Fsp3) is 0.450. The predicted molar refractivity (Wildman–Crippen MR) is 104 cm³/mol. The number of carbonyl (C=O) groups excluding carboxylic acids is 1. The molecule has 9 nitrogen and oxygen atoms in total. The molecule has 0 atom stereocenters. The normalized spacial score (nSPS) is 14.9. The number of rotatable bonds is 7. The summed E-state index contributed by atoms with van der Waals surface area (Å²) in [5, 5.41) is 11.7. The second-order valence-corrected chi connectivity index (χ2v) is 7.12. The molecule has 1 aromatic carbocycles. The molecule has 3 aromatic rings. The van der Waals surface area contributed by atoms with E-state index in [1.807, 2.05) is 33.7 Å². The third-order valence-corrected chi connectivity index (χ3v) is 5.25. The largest absolute Gasteiger partial charge is 0.497 e. The van der Waals surface area contributed by atoms with Gasteiger partial charge in [-0.05, 0) is 31.4 Å². The maximum atomic E-state index is 12.5. The van der Waals surface area contributed by atoms with Crippen LogP contribution in [0.1, 0.15) is 37.6 Å². The van der Waals surface area contributed by atoms with Gasteiger partial charge in [0.1, 0.15) is 18.4 Å². The number of benzene rings is 1. The van der Waals surface area contributed by atoms with Crippen molar-refractivity contribution in [2.75, 3.05) is 20.2 Å². The summed E-state index contributed by atoms with van der Waals surface area (Å²) in [7, 11) is 1.62. The van der Waals surface area contributed by atoms with Gasteiger partial charge in [-0.2, -0.15) is 4.98 Å². The third-order valence-electron chi connectivity index (χ3n) is 5.25. The number of hydrogen-bond acceptors (Lipinski definition) is 7. The highest BCUT2D eigenvalue weighted by Crippen LogP contribution is 2.23. The van der Waals surface area contributed by atoms with Crippen LogP contribution in [0.5, 0.6) is 5.75 Å². The molecule has 2 aromatic heterocycles. The molecule has 0 unspecified atom stereocenters. The smallest absolute Gasteiger partial charge is 0.226 e. The van der Waals surface area contributed by atoms with E-state index in [1.54, 1.807) is 19.8 Å². The van der Waals surface area contributed by atoms with Crippen LogP contribution >= 0.6 is 0 Å². The molecule has 0 aliphatic carbocycles. The lowest BCUT2D eigenvalue weighted by Gasteiger charge is -2.32. The minimum atomic E-state index is 0.180. The van der Waals surface area contributed by atoms with Crippen molar-refractivity contribution in [3.05, 3.63) is 42.8 Å². The molecule has 1 amide bonds. The highest BCUT2D eigenvalue weighted by atomic mass is 16.5. The van der Waals surface area contributed by atoms with Gasteiger partial charge in [-0.3, -0.25) is 4.79 Å². The van der Waals surface area contributed by atoms with E-state index < -0.39 is 0 Å². The molecule has 0 spiro atoms. The Morgan fingerprint density at radius 2 is 2.03 bits per heavy atom. The number of likely N-dealkylation sites (tertiary alicyclic amines) is 1. The molecule has 4 rings (SSSR count). The SMILES string of the molecule is COc1cccc(-c2noc(CCCC(=O)N3CCC(n4cnnc4)CC3)n2)c1. The lowest BCUT2D eigenvalue weighted by atomic mass is 10.0. The van der Waals surface area contributed by atoms with E-state index >= 15 is 0 Å². The minimum Gasteiger partial charge on any atom is -0.497 e. The van der Waals surface area contributed by atoms with E-state index in [-0.39, 0.29) is 5.91 Å². The van der Waals surface area contributed by atoms with Crippen molar-refractivity contribution >= 4 is 5.91 Å². The molecular weight excluding hydrogens is 372 g/mol. The van der Waals surface area contributed by atoms with Crippen LogP contribution in [0.3, 0.4) is 0 Å². The predicted octanol–water partition coefficient (Wildman–Crippen LogP) is 2.52. The van der Waals surface area contributed by atoms with Gasteiger partial charge < -0.3 is 18.7 Å². The Morgan fingerprint density at radius 1 is 1.24 bits per heavy atom. The topological polar surface area (TPSA) is 99.2 Å². The monoisotopic (exact) mass is 396 g/mol. The van der Waals surface area contributed by atoms with Crippen LogP contribution in [0.2, 0.25) is 0 Å². The zero-order chi connectivity index (χ0) is 20.1. The molecule has 1 saturated heterocycles. The quantitative estimate of drug-likeness (QED) is 0.605. The fourth-order valence-corrected chi connectivity index (χ4v) is 3.60. The first kappa shape index (κ1) is 19.1.